The highest BCUT2D eigenvalue weighted by atomic mass is 16.5. The van der Waals surface area contributed by atoms with Crippen LogP contribution in [0.1, 0.15) is 28.8 Å². The van der Waals surface area contributed by atoms with Crippen LogP contribution in [0.2, 0.25) is 0 Å². The molecular weight excluding hydrogens is 364 g/mol. The molecule has 1 heterocycles. The summed E-state index contributed by atoms with van der Waals surface area (Å²) >= 11 is 0. The summed E-state index contributed by atoms with van der Waals surface area (Å²) in [6.07, 6.45) is 0. The molecule has 0 fully saturated rings. The third-order valence-electron chi connectivity index (χ3n) is 5.17. The van der Waals surface area contributed by atoms with E-state index >= 15 is 0 Å². The highest BCUT2D eigenvalue weighted by molar-refractivity contribution is 6.02. The van der Waals surface area contributed by atoms with Crippen molar-refractivity contribution < 1.29 is 14.2 Å². The first-order valence-electron chi connectivity index (χ1n) is 9.50. The van der Waals surface area contributed by atoms with Crippen LogP contribution < -0.4 is 19.5 Å². The maximum Gasteiger partial charge on any atom is 0.133 e. The maximum atomic E-state index is 5.64. The molecule has 29 heavy (non-hydrogen) atoms. The zero-order valence-corrected chi connectivity index (χ0v) is 16.8. The fourth-order valence-electron chi connectivity index (χ4n) is 3.80. The average Bonchev–Trinajstić information content (AvgIpc) is 3.23. The molecule has 0 bridgehead atoms. The molecule has 148 valence electrons. The second kappa shape index (κ2) is 8.27. The van der Waals surface area contributed by atoms with Crippen LogP contribution in [0.5, 0.6) is 17.2 Å². The number of ether oxygens (including phenoxy) is 3. The van der Waals surface area contributed by atoms with E-state index in [9.17, 15) is 0 Å². The number of amidine groups is 1. The van der Waals surface area contributed by atoms with E-state index in [1.165, 1.54) is 0 Å². The van der Waals surface area contributed by atoms with Gasteiger partial charge in [-0.05, 0) is 24.3 Å². The molecular formula is C24H24N2O3. The summed E-state index contributed by atoms with van der Waals surface area (Å²) in [5.41, 5.74) is 2.98. The van der Waals surface area contributed by atoms with E-state index in [2.05, 4.69) is 17.4 Å². The van der Waals surface area contributed by atoms with Crippen LogP contribution in [0.3, 0.4) is 0 Å². The number of aliphatic imine (C=N–C) groups is 1. The largest absolute Gasteiger partial charge is 0.496 e. The van der Waals surface area contributed by atoms with Gasteiger partial charge in [0.25, 0.3) is 0 Å². The normalized spacial score (nSPS) is 18.0. The molecule has 0 aromatic heterocycles. The molecule has 3 aromatic rings. The molecule has 0 saturated carbocycles. The Hall–Kier alpha value is -3.47. The third kappa shape index (κ3) is 3.51. The highest BCUT2D eigenvalue weighted by Gasteiger charge is 2.35. The lowest BCUT2D eigenvalue weighted by molar-refractivity contribution is 0.391. The van der Waals surface area contributed by atoms with Crippen LogP contribution in [0.25, 0.3) is 0 Å². The van der Waals surface area contributed by atoms with Crippen molar-refractivity contribution in [1.29, 1.82) is 0 Å². The number of methoxy groups -OCH3 is 3. The Morgan fingerprint density at radius 1 is 0.655 bits per heavy atom. The molecule has 0 unspecified atom stereocenters. The second-order valence-corrected chi connectivity index (χ2v) is 6.73. The SMILES string of the molecule is COc1ccccc1C1=N[C@@H](c2ccccc2OC)[C@@H](c2ccccc2OC)N1. The van der Waals surface area contributed by atoms with Crippen molar-refractivity contribution >= 4 is 5.84 Å². The molecule has 0 spiro atoms. The predicted octanol–water partition coefficient (Wildman–Crippen LogP) is 4.54. The fraction of sp³-hybridized carbons (Fsp3) is 0.208. The monoisotopic (exact) mass is 388 g/mol. The Bertz CT molecular complexity index is 1030. The van der Waals surface area contributed by atoms with E-state index in [1.54, 1.807) is 21.3 Å². The fourth-order valence-corrected chi connectivity index (χ4v) is 3.80. The summed E-state index contributed by atoms with van der Waals surface area (Å²) in [5, 5.41) is 3.61. The van der Waals surface area contributed by atoms with Gasteiger partial charge < -0.3 is 19.5 Å². The highest BCUT2D eigenvalue weighted by Crippen LogP contribution is 2.43. The van der Waals surface area contributed by atoms with Gasteiger partial charge in [0.05, 0.1) is 32.9 Å². The van der Waals surface area contributed by atoms with E-state index in [4.69, 9.17) is 19.2 Å². The maximum absolute atomic E-state index is 5.64. The smallest absolute Gasteiger partial charge is 0.133 e. The van der Waals surface area contributed by atoms with Crippen LogP contribution in [-0.4, -0.2) is 27.2 Å². The van der Waals surface area contributed by atoms with E-state index in [0.29, 0.717) is 0 Å². The van der Waals surface area contributed by atoms with E-state index in [0.717, 1.165) is 39.8 Å². The molecule has 3 aromatic carbocycles. The van der Waals surface area contributed by atoms with Crippen LogP contribution in [0.15, 0.2) is 77.8 Å². The van der Waals surface area contributed by atoms with Crippen molar-refractivity contribution in [3.63, 3.8) is 0 Å². The van der Waals surface area contributed by atoms with Gasteiger partial charge in [0.15, 0.2) is 0 Å². The van der Waals surface area contributed by atoms with Gasteiger partial charge in [0.1, 0.15) is 29.1 Å². The van der Waals surface area contributed by atoms with Gasteiger partial charge in [-0.3, -0.25) is 4.99 Å². The lowest BCUT2D eigenvalue weighted by Gasteiger charge is -2.23. The van der Waals surface area contributed by atoms with Gasteiger partial charge in [-0.2, -0.15) is 0 Å². The van der Waals surface area contributed by atoms with Gasteiger partial charge in [-0.25, -0.2) is 0 Å². The molecule has 2 atom stereocenters. The Balaban J connectivity index is 1.85. The summed E-state index contributed by atoms with van der Waals surface area (Å²) in [4.78, 5) is 5.07. The summed E-state index contributed by atoms with van der Waals surface area (Å²) in [6.45, 7) is 0. The summed E-state index contributed by atoms with van der Waals surface area (Å²) < 4.78 is 16.8. The van der Waals surface area contributed by atoms with Gasteiger partial charge in [0.2, 0.25) is 0 Å². The molecule has 0 amide bonds. The predicted molar refractivity (Wildman–Crippen MR) is 114 cm³/mol. The second-order valence-electron chi connectivity index (χ2n) is 6.73. The number of nitrogens with one attached hydrogen (secondary N) is 1. The standard InChI is InChI=1S/C24H24N2O3/c1-27-19-13-7-4-10-16(19)22-23(17-11-5-8-14-20(17)28-2)26-24(25-22)18-12-6-9-15-21(18)29-3/h4-15,22-23H,1-3H3,(H,25,26)/t22-,23+. The van der Waals surface area contributed by atoms with Crippen molar-refractivity contribution in [3.8, 4) is 17.2 Å². The van der Waals surface area contributed by atoms with Crippen LogP contribution in [-0.2, 0) is 0 Å². The van der Waals surface area contributed by atoms with E-state index < -0.39 is 0 Å². The molecule has 0 radical (unpaired) electrons. The summed E-state index contributed by atoms with van der Waals surface area (Å²) in [6, 6.07) is 23.6. The number of nitrogens with zero attached hydrogens (tertiary/aromatic N) is 1. The Kier molecular flexibility index (Phi) is 5.38. The molecule has 5 heteroatoms. The molecule has 1 aliphatic heterocycles. The first kappa shape index (κ1) is 18.9. The van der Waals surface area contributed by atoms with Crippen molar-refractivity contribution in [1.82, 2.24) is 5.32 Å². The zero-order valence-electron chi connectivity index (χ0n) is 16.8. The summed E-state index contributed by atoms with van der Waals surface area (Å²) in [7, 11) is 5.04. The van der Waals surface area contributed by atoms with E-state index in [-0.39, 0.29) is 12.1 Å². The lowest BCUT2D eigenvalue weighted by atomic mass is 9.93. The zero-order chi connectivity index (χ0) is 20.2. The molecule has 0 saturated heterocycles. The first-order valence-corrected chi connectivity index (χ1v) is 9.50. The van der Waals surface area contributed by atoms with Gasteiger partial charge in [-0.15, -0.1) is 0 Å². The average molecular weight is 388 g/mol. The first-order chi connectivity index (χ1) is 14.3. The number of hydrogen-bond donors (Lipinski definition) is 1. The number of para-hydroxylation sites is 3. The van der Waals surface area contributed by atoms with Crippen LogP contribution in [0, 0.1) is 0 Å². The molecule has 5 nitrogen and oxygen atoms in total. The Morgan fingerprint density at radius 2 is 1.17 bits per heavy atom. The van der Waals surface area contributed by atoms with E-state index in [1.807, 2.05) is 60.7 Å². The van der Waals surface area contributed by atoms with Crippen molar-refractivity contribution in [2.45, 2.75) is 12.1 Å². The van der Waals surface area contributed by atoms with Gasteiger partial charge in [0, 0.05) is 11.1 Å². The number of rotatable bonds is 6. The number of hydrogen-bond acceptors (Lipinski definition) is 5. The van der Waals surface area contributed by atoms with Gasteiger partial charge >= 0.3 is 0 Å². The van der Waals surface area contributed by atoms with Crippen molar-refractivity contribution in [2.24, 2.45) is 4.99 Å². The van der Waals surface area contributed by atoms with Crippen LogP contribution in [0.4, 0.5) is 0 Å². The lowest BCUT2D eigenvalue weighted by Crippen LogP contribution is -2.26. The van der Waals surface area contributed by atoms with Crippen molar-refractivity contribution in [3.05, 3.63) is 89.5 Å². The minimum absolute atomic E-state index is 0.109. The van der Waals surface area contributed by atoms with Crippen molar-refractivity contribution in [2.75, 3.05) is 21.3 Å². The number of benzene rings is 3. The molecule has 1 aliphatic rings. The summed E-state index contributed by atoms with van der Waals surface area (Å²) in [5.74, 6) is 3.19. The Morgan fingerprint density at radius 3 is 1.83 bits per heavy atom. The Labute approximate surface area is 171 Å². The van der Waals surface area contributed by atoms with Gasteiger partial charge in [-0.1, -0.05) is 48.5 Å². The third-order valence-corrected chi connectivity index (χ3v) is 5.17. The topological polar surface area (TPSA) is 52.1 Å². The quantitative estimate of drug-likeness (QED) is 0.673. The minimum atomic E-state index is -0.178. The molecule has 0 aliphatic carbocycles. The minimum Gasteiger partial charge on any atom is -0.496 e. The van der Waals surface area contributed by atoms with Crippen LogP contribution >= 0.6 is 0 Å². The molecule has 1 N–H and O–H groups in total. The molecule has 4 rings (SSSR count).